The minimum Gasteiger partial charge on any atom is -0.379 e. The molecule has 8 heteroatoms. The number of carbonyl (C=O) groups excluding carboxylic acids is 1. The van der Waals surface area contributed by atoms with Crippen molar-refractivity contribution in [1.29, 1.82) is 0 Å². The summed E-state index contributed by atoms with van der Waals surface area (Å²) in [4.78, 5) is 16.2. The van der Waals surface area contributed by atoms with Crippen molar-refractivity contribution in [3.8, 4) is 0 Å². The van der Waals surface area contributed by atoms with E-state index in [2.05, 4.69) is 10.2 Å². The van der Waals surface area contributed by atoms with E-state index in [1.807, 2.05) is 13.0 Å². The molecule has 146 valence electrons. The number of benzene rings is 1. The van der Waals surface area contributed by atoms with E-state index < -0.39 is 11.7 Å². The fourth-order valence-corrected chi connectivity index (χ4v) is 3.86. The molecule has 2 aromatic rings. The topological polar surface area (TPSA) is 41.6 Å². The van der Waals surface area contributed by atoms with Gasteiger partial charge in [0.2, 0.25) is 0 Å². The third-order valence-corrected chi connectivity index (χ3v) is 5.53. The van der Waals surface area contributed by atoms with Crippen LogP contribution in [0.15, 0.2) is 36.4 Å². The van der Waals surface area contributed by atoms with Crippen LogP contribution in [0.2, 0.25) is 0 Å². The van der Waals surface area contributed by atoms with Gasteiger partial charge < -0.3 is 10.1 Å². The number of halogens is 3. The largest absolute Gasteiger partial charge is 0.416 e. The molecule has 0 spiro atoms. The molecule has 1 aliphatic heterocycles. The second-order valence-corrected chi connectivity index (χ2v) is 7.69. The monoisotopic (exact) mass is 398 g/mol. The molecule has 1 N–H and O–H groups in total. The number of hydrogen-bond donors (Lipinski definition) is 1. The van der Waals surface area contributed by atoms with Crippen LogP contribution in [0, 0.1) is 6.92 Å². The lowest BCUT2D eigenvalue weighted by Gasteiger charge is -2.35. The van der Waals surface area contributed by atoms with Gasteiger partial charge in [-0.3, -0.25) is 9.69 Å². The van der Waals surface area contributed by atoms with E-state index in [1.54, 1.807) is 6.07 Å². The minimum atomic E-state index is -4.36. The SMILES string of the molecule is Cc1ccc(C(=O)NCC(c2ccc(C(F)(F)F)cc2)N2CCOCC2)s1. The highest BCUT2D eigenvalue weighted by Crippen LogP contribution is 2.31. The molecule has 2 heterocycles. The molecule has 0 saturated carbocycles. The van der Waals surface area contributed by atoms with Crippen molar-refractivity contribution in [2.45, 2.75) is 19.1 Å². The Morgan fingerprint density at radius 3 is 2.41 bits per heavy atom. The Morgan fingerprint density at radius 2 is 1.85 bits per heavy atom. The number of amides is 1. The number of morpholine rings is 1. The highest BCUT2D eigenvalue weighted by Gasteiger charge is 2.31. The number of nitrogens with zero attached hydrogens (tertiary/aromatic N) is 1. The summed E-state index contributed by atoms with van der Waals surface area (Å²) in [5, 5.41) is 2.92. The fourth-order valence-electron chi connectivity index (χ4n) is 3.07. The van der Waals surface area contributed by atoms with E-state index in [-0.39, 0.29) is 11.9 Å². The van der Waals surface area contributed by atoms with Crippen molar-refractivity contribution >= 4 is 17.2 Å². The Hall–Kier alpha value is -1.90. The molecule has 0 bridgehead atoms. The van der Waals surface area contributed by atoms with Gasteiger partial charge in [-0.2, -0.15) is 13.2 Å². The van der Waals surface area contributed by atoms with Crippen LogP contribution in [0.3, 0.4) is 0 Å². The highest BCUT2D eigenvalue weighted by atomic mass is 32.1. The van der Waals surface area contributed by atoms with Gasteiger partial charge in [-0.25, -0.2) is 0 Å². The van der Waals surface area contributed by atoms with E-state index in [0.717, 1.165) is 22.6 Å². The quantitative estimate of drug-likeness (QED) is 0.831. The van der Waals surface area contributed by atoms with E-state index in [9.17, 15) is 18.0 Å². The molecule has 1 amide bonds. The first-order valence-corrected chi connectivity index (χ1v) is 9.50. The van der Waals surface area contributed by atoms with Gasteiger partial charge >= 0.3 is 6.18 Å². The highest BCUT2D eigenvalue weighted by molar-refractivity contribution is 7.13. The molecule has 4 nitrogen and oxygen atoms in total. The number of alkyl halides is 3. The van der Waals surface area contributed by atoms with Gasteiger partial charge in [-0.1, -0.05) is 12.1 Å². The second-order valence-electron chi connectivity index (χ2n) is 6.40. The van der Waals surface area contributed by atoms with Gasteiger partial charge in [0.15, 0.2) is 0 Å². The number of thiophene rings is 1. The lowest BCUT2D eigenvalue weighted by atomic mass is 10.0. The van der Waals surface area contributed by atoms with Crippen LogP contribution in [0.25, 0.3) is 0 Å². The number of ether oxygens (including phenoxy) is 1. The fraction of sp³-hybridized carbons (Fsp3) is 0.421. The Balaban J connectivity index is 1.75. The molecular formula is C19H21F3N2O2S. The van der Waals surface area contributed by atoms with Crippen LogP contribution in [-0.4, -0.2) is 43.7 Å². The second kappa shape index (κ2) is 8.41. The van der Waals surface area contributed by atoms with E-state index >= 15 is 0 Å². The zero-order valence-electron chi connectivity index (χ0n) is 14.9. The van der Waals surface area contributed by atoms with Gasteiger partial charge in [-0.15, -0.1) is 11.3 Å². The van der Waals surface area contributed by atoms with Gasteiger partial charge in [0.25, 0.3) is 5.91 Å². The third-order valence-electron chi connectivity index (χ3n) is 4.53. The van der Waals surface area contributed by atoms with Gasteiger partial charge in [0.1, 0.15) is 0 Å². The summed E-state index contributed by atoms with van der Waals surface area (Å²) in [5.41, 5.74) is 0.0673. The third kappa shape index (κ3) is 5.09. The predicted molar refractivity (Wildman–Crippen MR) is 98.0 cm³/mol. The normalized spacial score (nSPS) is 16.9. The first-order chi connectivity index (χ1) is 12.8. The minimum absolute atomic E-state index is 0.168. The van der Waals surface area contributed by atoms with E-state index in [0.29, 0.717) is 37.7 Å². The average molecular weight is 398 g/mol. The van der Waals surface area contributed by atoms with Crippen LogP contribution in [0.5, 0.6) is 0 Å². The van der Waals surface area contributed by atoms with Crippen molar-refractivity contribution in [3.63, 3.8) is 0 Å². The van der Waals surface area contributed by atoms with E-state index in [1.165, 1.54) is 23.5 Å². The molecule has 0 radical (unpaired) electrons. The van der Waals surface area contributed by atoms with Crippen LogP contribution < -0.4 is 5.32 Å². The Kier molecular flexibility index (Phi) is 6.18. The summed E-state index contributed by atoms with van der Waals surface area (Å²) in [7, 11) is 0. The smallest absolute Gasteiger partial charge is 0.379 e. The number of hydrogen-bond acceptors (Lipinski definition) is 4. The van der Waals surface area contributed by atoms with Gasteiger partial charge in [-0.05, 0) is 36.8 Å². The Bertz CT molecular complexity index is 768. The molecule has 1 atom stereocenters. The van der Waals surface area contributed by atoms with Crippen LogP contribution >= 0.6 is 11.3 Å². The molecule has 1 aromatic carbocycles. The molecule has 3 rings (SSSR count). The Morgan fingerprint density at radius 1 is 1.19 bits per heavy atom. The number of rotatable bonds is 5. The summed E-state index contributed by atoms with van der Waals surface area (Å²) < 4.78 is 43.9. The van der Waals surface area contributed by atoms with Gasteiger partial charge in [0, 0.05) is 24.5 Å². The predicted octanol–water partition coefficient (Wildman–Crippen LogP) is 3.88. The molecule has 1 aliphatic rings. The lowest BCUT2D eigenvalue weighted by Crippen LogP contribution is -2.43. The summed E-state index contributed by atoms with van der Waals surface area (Å²) in [6.07, 6.45) is -4.36. The molecule has 1 fully saturated rings. The van der Waals surface area contributed by atoms with Crippen LogP contribution in [0.4, 0.5) is 13.2 Å². The maximum Gasteiger partial charge on any atom is 0.416 e. The van der Waals surface area contributed by atoms with Crippen molar-refractivity contribution < 1.29 is 22.7 Å². The van der Waals surface area contributed by atoms with Crippen molar-refractivity contribution in [2.24, 2.45) is 0 Å². The zero-order valence-corrected chi connectivity index (χ0v) is 15.7. The molecule has 1 aromatic heterocycles. The summed E-state index contributed by atoms with van der Waals surface area (Å²) in [6, 6.07) is 8.61. The number of nitrogens with one attached hydrogen (secondary N) is 1. The summed E-state index contributed by atoms with van der Waals surface area (Å²) >= 11 is 1.41. The first kappa shape index (κ1) is 19.9. The van der Waals surface area contributed by atoms with Crippen LogP contribution in [0.1, 0.15) is 31.7 Å². The maximum atomic E-state index is 12.8. The van der Waals surface area contributed by atoms with Crippen LogP contribution in [-0.2, 0) is 10.9 Å². The molecule has 0 aliphatic carbocycles. The molecule has 1 saturated heterocycles. The zero-order chi connectivity index (χ0) is 19.4. The summed E-state index contributed by atoms with van der Waals surface area (Å²) in [6.45, 7) is 4.71. The van der Waals surface area contributed by atoms with Crippen molar-refractivity contribution in [3.05, 3.63) is 57.3 Å². The van der Waals surface area contributed by atoms with Crippen molar-refractivity contribution in [2.75, 3.05) is 32.8 Å². The van der Waals surface area contributed by atoms with E-state index in [4.69, 9.17) is 4.74 Å². The maximum absolute atomic E-state index is 12.8. The van der Waals surface area contributed by atoms with Gasteiger partial charge in [0.05, 0.1) is 29.7 Å². The Labute approximate surface area is 159 Å². The average Bonchev–Trinajstić information content (AvgIpc) is 3.09. The summed E-state index contributed by atoms with van der Waals surface area (Å²) in [5.74, 6) is -0.168. The lowest BCUT2D eigenvalue weighted by molar-refractivity contribution is -0.137. The number of aryl methyl sites for hydroxylation is 1. The molecule has 27 heavy (non-hydrogen) atoms. The molecule has 1 unspecified atom stereocenters. The standard InChI is InChI=1S/C19H21F3N2O2S/c1-13-2-7-17(27-13)18(25)23-12-16(24-8-10-26-11-9-24)14-3-5-15(6-4-14)19(20,21)22/h2-7,16H,8-12H2,1H3,(H,23,25). The molecular weight excluding hydrogens is 377 g/mol. The number of carbonyl (C=O) groups is 1. The first-order valence-electron chi connectivity index (χ1n) is 8.68. The van der Waals surface area contributed by atoms with Crippen molar-refractivity contribution in [1.82, 2.24) is 10.2 Å².